The summed E-state index contributed by atoms with van der Waals surface area (Å²) in [6, 6.07) is 15.5. The van der Waals surface area contributed by atoms with Crippen LogP contribution < -0.4 is 20.3 Å². The molecule has 0 unspecified atom stereocenters. The number of carbonyl (C=O) groups is 1. The molecule has 0 bridgehead atoms. The van der Waals surface area contributed by atoms with E-state index in [2.05, 4.69) is 10.4 Å². The maximum Gasteiger partial charge on any atom is 0.280 e. The van der Waals surface area contributed by atoms with Gasteiger partial charge in [-0.3, -0.25) is 9.59 Å². The van der Waals surface area contributed by atoms with E-state index < -0.39 is 5.91 Å². The number of aryl methyl sites for hydroxylation is 1. The molecule has 0 aliphatic heterocycles. The fourth-order valence-electron chi connectivity index (χ4n) is 2.62. The highest BCUT2D eigenvalue weighted by atomic mass is 16.5. The summed E-state index contributed by atoms with van der Waals surface area (Å²) in [6.07, 6.45) is 0. The number of methoxy groups -OCH3 is 2. The molecule has 27 heavy (non-hydrogen) atoms. The Bertz CT molecular complexity index is 1040. The predicted molar refractivity (Wildman–Crippen MR) is 102 cm³/mol. The van der Waals surface area contributed by atoms with Crippen LogP contribution in [-0.4, -0.2) is 29.9 Å². The molecule has 0 saturated heterocycles. The molecule has 0 aliphatic carbocycles. The monoisotopic (exact) mass is 365 g/mol. The molecule has 1 heterocycles. The van der Waals surface area contributed by atoms with Gasteiger partial charge in [-0.25, -0.2) is 0 Å². The van der Waals surface area contributed by atoms with Crippen LogP contribution in [0.2, 0.25) is 0 Å². The van der Waals surface area contributed by atoms with Gasteiger partial charge in [-0.1, -0.05) is 24.3 Å². The highest BCUT2D eigenvalue weighted by molar-refractivity contribution is 6.04. The lowest BCUT2D eigenvalue weighted by molar-refractivity contribution is 0.101. The number of hydrogen-bond acceptors (Lipinski definition) is 5. The van der Waals surface area contributed by atoms with Crippen LogP contribution in [0, 0.1) is 6.92 Å². The van der Waals surface area contributed by atoms with E-state index >= 15 is 0 Å². The zero-order chi connectivity index (χ0) is 19.4. The molecular weight excluding hydrogens is 346 g/mol. The van der Waals surface area contributed by atoms with Gasteiger partial charge in [0.25, 0.3) is 11.5 Å². The largest absolute Gasteiger partial charge is 0.497 e. The number of para-hydroxylation sites is 1. The molecule has 3 aromatic rings. The first kappa shape index (κ1) is 18.2. The first-order valence-corrected chi connectivity index (χ1v) is 8.23. The summed E-state index contributed by atoms with van der Waals surface area (Å²) in [6.45, 7) is 1.86. The second-order valence-corrected chi connectivity index (χ2v) is 5.78. The van der Waals surface area contributed by atoms with Gasteiger partial charge in [0.1, 0.15) is 5.75 Å². The number of nitrogens with one attached hydrogen (secondary N) is 1. The van der Waals surface area contributed by atoms with Crippen molar-refractivity contribution in [3.05, 3.63) is 76.2 Å². The van der Waals surface area contributed by atoms with Gasteiger partial charge in [0.15, 0.2) is 11.4 Å². The number of anilines is 1. The fourth-order valence-corrected chi connectivity index (χ4v) is 2.62. The molecule has 1 aromatic heterocycles. The molecule has 138 valence electrons. The Morgan fingerprint density at radius 1 is 1.04 bits per heavy atom. The van der Waals surface area contributed by atoms with Crippen molar-refractivity contribution in [2.75, 3.05) is 19.5 Å². The highest BCUT2D eigenvalue weighted by Crippen LogP contribution is 2.20. The second kappa shape index (κ2) is 7.74. The van der Waals surface area contributed by atoms with E-state index in [0.29, 0.717) is 17.1 Å². The Labute approximate surface area is 156 Å². The van der Waals surface area contributed by atoms with Crippen molar-refractivity contribution in [2.24, 2.45) is 0 Å². The van der Waals surface area contributed by atoms with Gasteiger partial charge in [0.2, 0.25) is 0 Å². The molecule has 0 saturated carbocycles. The van der Waals surface area contributed by atoms with Crippen LogP contribution in [-0.2, 0) is 0 Å². The van der Waals surface area contributed by atoms with E-state index in [9.17, 15) is 9.59 Å². The summed E-state index contributed by atoms with van der Waals surface area (Å²) in [7, 11) is 2.93. The van der Waals surface area contributed by atoms with Crippen LogP contribution in [0.4, 0.5) is 5.69 Å². The summed E-state index contributed by atoms with van der Waals surface area (Å²) in [5.74, 6) is 0.213. The Morgan fingerprint density at radius 3 is 2.52 bits per heavy atom. The quantitative estimate of drug-likeness (QED) is 0.752. The number of nitrogens with zero attached hydrogens (tertiary/aromatic N) is 2. The van der Waals surface area contributed by atoms with E-state index in [1.165, 1.54) is 17.9 Å². The molecule has 0 radical (unpaired) electrons. The van der Waals surface area contributed by atoms with Crippen molar-refractivity contribution in [1.82, 2.24) is 9.78 Å². The molecule has 1 amide bonds. The normalized spacial score (nSPS) is 10.3. The van der Waals surface area contributed by atoms with E-state index in [4.69, 9.17) is 9.47 Å². The molecule has 0 atom stereocenters. The van der Waals surface area contributed by atoms with Gasteiger partial charge in [0, 0.05) is 11.8 Å². The second-order valence-electron chi connectivity index (χ2n) is 5.78. The molecule has 1 N–H and O–H groups in total. The average Bonchev–Trinajstić information content (AvgIpc) is 2.68. The maximum absolute atomic E-state index is 12.8. The van der Waals surface area contributed by atoms with Crippen molar-refractivity contribution in [3.8, 4) is 17.2 Å². The fraction of sp³-hybridized carbons (Fsp3) is 0.150. The van der Waals surface area contributed by atoms with Gasteiger partial charge < -0.3 is 14.8 Å². The molecule has 7 heteroatoms. The molecular formula is C20H19N3O4. The van der Waals surface area contributed by atoms with Crippen molar-refractivity contribution in [2.45, 2.75) is 6.92 Å². The van der Waals surface area contributed by atoms with Crippen molar-refractivity contribution in [3.63, 3.8) is 0 Å². The lowest BCUT2D eigenvalue weighted by atomic mass is 10.2. The van der Waals surface area contributed by atoms with Gasteiger partial charge in [-0.15, -0.1) is 0 Å². The first-order valence-electron chi connectivity index (χ1n) is 8.23. The summed E-state index contributed by atoms with van der Waals surface area (Å²) in [5.41, 5.74) is 1.61. The third-order valence-corrected chi connectivity index (χ3v) is 4.00. The molecule has 0 aliphatic rings. The van der Waals surface area contributed by atoms with Crippen LogP contribution in [0.5, 0.6) is 11.5 Å². The lowest BCUT2D eigenvalue weighted by Gasteiger charge is -2.13. The molecule has 0 spiro atoms. The van der Waals surface area contributed by atoms with Gasteiger partial charge in [0.05, 0.1) is 26.0 Å². The number of amides is 1. The Balaban J connectivity index is 2.03. The minimum absolute atomic E-state index is 0.00294. The standard InChI is InChI=1S/C20H19N3O4/c1-13-7-4-5-10-16(13)23-18(24)12-17(27-3)19(22-23)20(25)21-14-8-6-9-15(11-14)26-2/h4-12H,1-3H3,(H,21,25). The smallest absolute Gasteiger partial charge is 0.280 e. The zero-order valence-electron chi connectivity index (χ0n) is 15.2. The lowest BCUT2D eigenvalue weighted by Crippen LogP contribution is -2.26. The van der Waals surface area contributed by atoms with Crippen molar-refractivity contribution >= 4 is 11.6 Å². The first-order chi connectivity index (χ1) is 13.0. The van der Waals surface area contributed by atoms with E-state index in [-0.39, 0.29) is 17.0 Å². The number of ether oxygens (including phenoxy) is 2. The molecule has 7 nitrogen and oxygen atoms in total. The molecule has 3 rings (SSSR count). The minimum Gasteiger partial charge on any atom is -0.497 e. The third kappa shape index (κ3) is 3.82. The average molecular weight is 365 g/mol. The Morgan fingerprint density at radius 2 is 1.81 bits per heavy atom. The zero-order valence-corrected chi connectivity index (χ0v) is 15.2. The van der Waals surface area contributed by atoms with Crippen molar-refractivity contribution in [1.29, 1.82) is 0 Å². The number of carbonyl (C=O) groups excluding carboxylic acids is 1. The Hall–Kier alpha value is -3.61. The third-order valence-electron chi connectivity index (χ3n) is 4.00. The Kier molecular flexibility index (Phi) is 5.21. The minimum atomic E-state index is -0.498. The van der Waals surface area contributed by atoms with Crippen LogP contribution in [0.15, 0.2) is 59.4 Å². The predicted octanol–water partition coefficient (Wildman–Crippen LogP) is 2.81. The summed E-state index contributed by atoms with van der Waals surface area (Å²) < 4.78 is 11.5. The summed E-state index contributed by atoms with van der Waals surface area (Å²) in [5, 5.41) is 6.99. The van der Waals surface area contributed by atoms with Crippen LogP contribution in [0.1, 0.15) is 16.1 Å². The van der Waals surface area contributed by atoms with E-state index in [1.54, 1.807) is 43.5 Å². The number of benzene rings is 2. The number of aromatic nitrogens is 2. The topological polar surface area (TPSA) is 82.5 Å². The number of hydrogen-bond donors (Lipinski definition) is 1. The van der Waals surface area contributed by atoms with Gasteiger partial charge in [-0.05, 0) is 30.7 Å². The SMILES string of the molecule is COc1cccc(NC(=O)c2nn(-c3ccccc3C)c(=O)cc2OC)c1. The summed E-state index contributed by atoms with van der Waals surface area (Å²) >= 11 is 0. The van der Waals surface area contributed by atoms with Gasteiger partial charge >= 0.3 is 0 Å². The maximum atomic E-state index is 12.8. The molecule has 2 aromatic carbocycles. The van der Waals surface area contributed by atoms with Crippen LogP contribution in [0.25, 0.3) is 5.69 Å². The van der Waals surface area contributed by atoms with Crippen LogP contribution >= 0.6 is 0 Å². The molecule has 0 fully saturated rings. The highest BCUT2D eigenvalue weighted by Gasteiger charge is 2.19. The van der Waals surface area contributed by atoms with Crippen LogP contribution in [0.3, 0.4) is 0 Å². The van der Waals surface area contributed by atoms with Gasteiger partial charge in [-0.2, -0.15) is 9.78 Å². The number of rotatable bonds is 5. The van der Waals surface area contributed by atoms with E-state index in [1.807, 2.05) is 19.1 Å². The van der Waals surface area contributed by atoms with E-state index in [0.717, 1.165) is 5.56 Å². The summed E-state index contributed by atoms with van der Waals surface area (Å²) in [4.78, 5) is 25.2. The van der Waals surface area contributed by atoms with Crippen molar-refractivity contribution < 1.29 is 14.3 Å².